The highest BCUT2D eigenvalue weighted by Gasteiger charge is 2.06. The van der Waals surface area contributed by atoms with Gasteiger partial charge in [-0.3, -0.25) is 14.9 Å². The van der Waals surface area contributed by atoms with E-state index in [9.17, 15) is 20.0 Å². The molecule has 124 valence electrons. The standard InChI is InChI=1S/C16H15N3O5/c1-11(12-2-6-14(20)7-3-12)17-18-16(21)10-24-15-8-4-13(5-9-15)19(22)23/h2-9,20H,10H2,1H3,(H,18,21). The number of ether oxygens (including phenoxy) is 1. The molecular formula is C16H15N3O5. The summed E-state index contributed by atoms with van der Waals surface area (Å²) in [5.74, 6) is 0.0218. The molecule has 0 aromatic heterocycles. The summed E-state index contributed by atoms with van der Waals surface area (Å²) in [4.78, 5) is 21.7. The minimum atomic E-state index is -0.517. The summed E-state index contributed by atoms with van der Waals surface area (Å²) in [6, 6.07) is 11.8. The average Bonchev–Trinajstić information content (AvgIpc) is 2.58. The van der Waals surface area contributed by atoms with Crippen molar-refractivity contribution in [1.29, 1.82) is 0 Å². The number of phenols is 1. The monoisotopic (exact) mass is 329 g/mol. The maximum absolute atomic E-state index is 11.7. The Morgan fingerprint density at radius 3 is 2.42 bits per heavy atom. The minimum absolute atomic E-state index is 0.0547. The molecule has 2 N–H and O–H groups in total. The number of carbonyl (C=O) groups excluding carboxylic acids is 1. The number of benzene rings is 2. The summed E-state index contributed by atoms with van der Waals surface area (Å²) in [5.41, 5.74) is 3.62. The molecule has 0 spiro atoms. The van der Waals surface area contributed by atoms with Gasteiger partial charge in [-0.05, 0) is 48.9 Å². The van der Waals surface area contributed by atoms with Gasteiger partial charge in [0.2, 0.25) is 0 Å². The van der Waals surface area contributed by atoms with E-state index < -0.39 is 10.8 Å². The predicted octanol–water partition coefficient (Wildman–Crippen LogP) is 2.22. The molecule has 0 atom stereocenters. The maximum Gasteiger partial charge on any atom is 0.277 e. The molecule has 0 unspecified atom stereocenters. The second kappa shape index (κ2) is 7.73. The SMILES string of the molecule is CC(=NNC(=O)COc1ccc([N+](=O)[O-])cc1)c1ccc(O)cc1. The largest absolute Gasteiger partial charge is 0.508 e. The first-order chi connectivity index (χ1) is 11.5. The molecule has 2 rings (SSSR count). The van der Waals surface area contributed by atoms with Crippen LogP contribution in [0.5, 0.6) is 11.5 Å². The van der Waals surface area contributed by atoms with E-state index in [1.165, 1.54) is 36.4 Å². The number of carbonyl (C=O) groups is 1. The number of hydrazone groups is 1. The van der Waals surface area contributed by atoms with E-state index in [4.69, 9.17) is 4.74 Å². The van der Waals surface area contributed by atoms with Gasteiger partial charge in [-0.1, -0.05) is 0 Å². The van der Waals surface area contributed by atoms with E-state index in [1.54, 1.807) is 19.1 Å². The van der Waals surface area contributed by atoms with Crippen molar-refractivity contribution in [2.75, 3.05) is 6.61 Å². The first-order valence-electron chi connectivity index (χ1n) is 6.95. The van der Waals surface area contributed by atoms with Crippen LogP contribution in [0.2, 0.25) is 0 Å². The minimum Gasteiger partial charge on any atom is -0.508 e. The highest BCUT2D eigenvalue weighted by Crippen LogP contribution is 2.17. The van der Waals surface area contributed by atoms with Crippen LogP contribution in [-0.4, -0.2) is 28.3 Å². The Bertz CT molecular complexity index is 754. The third-order valence-corrected chi connectivity index (χ3v) is 3.05. The number of hydrogen-bond donors (Lipinski definition) is 2. The Morgan fingerprint density at radius 1 is 1.21 bits per heavy atom. The molecule has 0 saturated heterocycles. The van der Waals surface area contributed by atoms with Crippen molar-refractivity contribution in [1.82, 2.24) is 5.43 Å². The van der Waals surface area contributed by atoms with Crippen molar-refractivity contribution < 1.29 is 19.6 Å². The third-order valence-electron chi connectivity index (χ3n) is 3.05. The van der Waals surface area contributed by atoms with Gasteiger partial charge in [0.1, 0.15) is 11.5 Å². The summed E-state index contributed by atoms with van der Waals surface area (Å²) in [7, 11) is 0. The fourth-order valence-corrected chi connectivity index (χ4v) is 1.76. The first-order valence-corrected chi connectivity index (χ1v) is 6.95. The number of nitrogens with zero attached hydrogens (tertiary/aromatic N) is 2. The molecule has 24 heavy (non-hydrogen) atoms. The normalized spacial score (nSPS) is 11.0. The van der Waals surface area contributed by atoms with E-state index in [0.717, 1.165) is 5.56 Å². The molecule has 2 aromatic carbocycles. The van der Waals surface area contributed by atoms with Crippen LogP contribution in [0, 0.1) is 10.1 Å². The third kappa shape index (κ3) is 4.80. The van der Waals surface area contributed by atoms with Gasteiger partial charge in [-0.25, -0.2) is 5.43 Å². The molecule has 8 nitrogen and oxygen atoms in total. The Hall–Kier alpha value is -3.42. The smallest absolute Gasteiger partial charge is 0.277 e. The number of rotatable bonds is 6. The van der Waals surface area contributed by atoms with Gasteiger partial charge in [-0.15, -0.1) is 0 Å². The van der Waals surface area contributed by atoms with Crippen molar-refractivity contribution in [2.45, 2.75) is 6.92 Å². The van der Waals surface area contributed by atoms with Crippen LogP contribution in [0.15, 0.2) is 53.6 Å². The predicted molar refractivity (Wildman–Crippen MR) is 87.1 cm³/mol. The summed E-state index contributed by atoms with van der Waals surface area (Å²) in [6.45, 7) is 1.44. The Morgan fingerprint density at radius 2 is 1.83 bits per heavy atom. The lowest BCUT2D eigenvalue weighted by atomic mass is 10.1. The van der Waals surface area contributed by atoms with Crippen LogP contribution < -0.4 is 10.2 Å². The Labute approximate surface area is 137 Å². The van der Waals surface area contributed by atoms with Crippen molar-refractivity contribution in [3.63, 3.8) is 0 Å². The zero-order valence-electron chi connectivity index (χ0n) is 12.8. The number of nitro benzene ring substituents is 1. The van der Waals surface area contributed by atoms with Gasteiger partial charge >= 0.3 is 0 Å². The van der Waals surface area contributed by atoms with Crippen LogP contribution in [0.4, 0.5) is 5.69 Å². The summed E-state index contributed by atoms with van der Waals surface area (Å²) < 4.78 is 5.22. The van der Waals surface area contributed by atoms with Crippen LogP contribution in [0.25, 0.3) is 0 Å². The molecule has 0 bridgehead atoms. The van der Waals surface area contributed by atoms with E-state index in [2.05, 4.69) is 10.5 Å². The quantitative estimate of drug-likeness (QED) is 0.479. The maximum atomic E-state index is 11.7. The number of amides is 1. The Kier molecular flexibility index (Phi) is 5.45. The van der Waals surface area contributed by atoms with Gasteiger partial charge in [0.25, 0.3) is 11.6 Å². The van der Waals surface area contributed by atoms with Crippen LogP contribution in [-0.2, 0) is 4.79 Å². The molecule has 0 aliphatic carbocycles. The molecule has 0 aliphatic heterocycles. The summed E-state index contributed by atoms with van der Waals surface area (Å²) in [5, 5.41) is 23.7. The number of non-ortho nitro benzene ring substituents is 1. The molecule has 1 amide bonds. The average molecular weight is 329 g/mol. The lowest BCUT2D eigenvalue weighted by Crippen LogP contribution is -2.25. The first kappa shape index (κ1) is 16.9. The summed E-state index contributed by atoms with van der Waals surface area (Å²) >= 11 is 0. The molecule has 0 fully saturated rings. The molecule has 0 heterocycles. The number of nitrogens with one attached hydrogen (secondary N) is 1. The number of hydrogen-bond acceptors (Lipinski definition) is 6. The molecule has 0 aliphatic rings. The molecule has 0 saturated carbocycles. The van der Waals surface area contributed by atoms with Crippen LogP contribution in [0.3, 0.4) is 0 Å². The van der Waals surface area contributed by atoms with Gasteiger partial charge < -0.3 is 9.84 Å². The van der Waals surface area contributed by atoms with Gasteiger partial charge in [0.15, 0.2) is 6.61 Å². The Balaban J connectivity index is 1.85. The molecule has 8 heteroatoms. The van der Waals surface area contributed by atoms with Crippen LogP contribution >= 0.6 is 0 Å². The highest BCUT2D eigenvalue weighted by atomic mass is 16.6. The molecule has 0 radical (unpaired) electrons. The number of phenolic OH excluding ortho intramolecular Hbond substituents is 1. The second-order valence-corrected chi connectivity index (χ2v) is 4.82. The van der Waals surface area contributed by atoms with Crippen molar-refractivity contribution >= 4 is 17.3 Å². The van der Waals surface area contributed by atoms with E-state index >= 15 is 0 Å². The fraction of sp³-hybridized carbons (Fsp3) is 0.125. The molecular weight excluding hydrogens is 314 g/mol. The summed E-state index contributed by atoms with van der Waals surface area (Å²) in [6.07, 6.45) is 0. The van der Waals surface area contributed by atoms with Gasteiger partial charge in [0.05, 0.1) is 10.6 Å². The zero-order valence-corrected chi connectivity index (χ0v) is 12.8. The molecule has 2 aromatic rings. The topological polar surface area (TPSA) is 114 Å². The van der Waals surface area contributed by atoms with Crippen LogP contribution in [0.1, 0.15) is 12.5 Å². The van der Waals surface area contributed by atoms with E-state index in [-0.39, 0.29) is 18.0 Å². The fourth-order valence-electron chi connectivity index (χ4n) is 1.76. The van der Waals surface area contributed by atoms with Gasteiger partial charge in [-0.2, -0.15) is 5.10 Å². The van der Waals surface area contributed by atoms with E-state index in [0.29, 0.717) is 11.5 Å². The van der Waals surface area contributed by atoms with Gasteiger partial charge in [0, 0.05) is 12.1 Å². The van der Waals surface area contributed by atoms with Crippen molar-refractivity contribution in [3.05, 3.63) is 64.2 Å². The lowest BCUT2D eigenvalue weighted by Gasteiger charge is -2.06. The number of nitro groups is 1. The van der Waals surface area contributed by atoms with Crippen molar-refractivity contribution in [3.8, 4) is 11.5 Å². The highest BCUT2D eigenvalue weighted by molar-refractivity contribution is 5.99. The lowest BCUT2D eigenvalue weighted by molar-refractivity contribution is -0.384. The second-order valence-electron chi connectivity index (χ2n) is 4.82. The van der Waals surface area contributed by atoms with E-state index in [1.807, 2.05) is 0 Å². The zero-order chi connectivity index (χ0) is 17.5. The van der Waals surface area contributed by atoms with Crippen molar-refractivity contribution in [2.24, 2.45) is 5.10 Å². The number of aromatic hydroxyl groups is 1.